The van der Waals surface area contributed by atoms with Gasteiger partial charge in [0.05, 0.1) is 12.3 Å². The highest BCUT2D eigenvalue weighted by atomic mass is 19.1. The molecule has 0 atom stereocenters. The topological polar surface area (TPSA) is 53.6 Å². The van der Waals surface area contributed by atoms with Crippen molar-refractivity contribution in [1.29, 1.82) is 0 Å². The molecule has 2 N–H and O–H groups in total. The Labute approximate surface area is 112 Å². The third kappa shape index (κ3) is 5.13. The summed E-state index contributed by atoms with van der Waals surface area (Å²) in [6.45, 7) is 1.18. The van der Waals surface area contributed by atoms with Crippen LogP contribution in [0.2, 0.25) is 0 Å². The van der Waals surface area contributed by atoms with E-state index in [2.05, 4.69) is 10.6 Å². The molecule has 1 aromatic carbocycles. The zero-order valence-corrected chi connectivity index (χ0v) is 11.5. The Morgan fingerprint density at radius 3 is 2.68 bits per heavy atom. The van der Waals surface area contributed by atoms with Gasteiger partial charge in [0.25, 0.3) is 0 Å². The minimum atomic E-state index is -0.302. The van der Waals surface area contributed by atoms with Gasteiger partial charge < -0.3 is 20.3 Å². The normalized spacial score (nSPS) is 10.1. The van der Waals surface area contributed by atoms with Crippen molar-refractivity contribution in [1.82, 2.24) is 10.6 Å². The number of hydrogen-bond acceptors (Lipinski definition) is 3. The van der Waals surface area contributed by atoms with Crippen LogP contribution in [-0.4, -0.2) is 40.4 Å². The number of carbonyl (C=O) groups excluding carboxylic acids is 1. The maximum Gasteiger partial charge on any atom is 0.315 e. The number of urea groups is 1. The number of amides is 2. The second-order valence-corrected chi connectivity index (χ2v) is 4.28. The molecule has 0 aliphatic carbocycles. The van der Waals surface area contributed by atoms with E-state index in [9.17, 15) is 9.18 Å². The first kappa shape index (κ1) is 15.2. The van der Waals surface area contributed by atoms with E-state index in [1.807, 2.05) is 0 Å². The van der Waals surface area contributed by atoms with E-state index < -0.39 is 0 Å². The van der Waals surface area contributed by atoms with Crippen molar-refractivity contribution in [2.24, 2.45) is 0 Å². The fraction of sp³-hybridized carbons (Fsp3) is 0.462. The Morgan fingerprint density at radius 1 is 1.37 bits per heavy atom. The van der Waals surface area contributed by atoms with Crippen molar-refractivity contribution in [2.75, 3.05) is 39.3 Å². The number of hydrogen-bond donors (Lipinski definition) is 2. The number of carbonyl (C=O) groups is 1. The summed E-state index contributed by atoms with van der Waals surface area (Å²) in [7, 11) is 5.12. The fourth-order valence-electron chi connectivity index (χ4n) is 1.53. The van der Waals surface area contributed by atoms with E-state index in [4.69, 9.17) is 4.74 Å². The van der Waals surface area contributed by atoms with E-state index in [-0.39, 0.29) is 18.4 Å². The quantitative estimate of drug-likeness (QED) is 0.766. The van der Waals surface area contributed by atoms with Gasteiger partial charge in [-0.2, -0.15) is 0 Å². The highest BCUT2D eigenvalue weighted by Crippen LogP contribution is 2.17. The van der Waals surface area contributed by atoms with Crippen LogP contribution in [0.4, 0.5) is 14.9 Å². The van der Waals surface area contributed by atoms with E-state index in [0.29, 0.717) is 24.4 Å². The molecule has 5 nitrogen and oxygen atoms in total. The van der Waals surface area contributed by atoms with Gasteiger partial charge in [-0.3, -0.25) is 0 Å². The molecule has 0 radical (unpaired) electrons. The lowest BCUT2D eigenvalue weighted by atomic mass is 10.2. The summed E-state index contributed by atoms with van der Waals surface area (Å²) in [5, 5.41) is 5.27. The van der Waals surface area contributed by atoms with Crippen molar-refractivity contribution < 1.29 is 13.9 Å². The maximum absolute atomic E-state index is 13.7. The molecule has 6 heteroatoms. The van der Waals surface area contributed by atoms with Crippen LogP contribution in [-0.2, 0) is 11.3 Å². The number of anilines is 1. The zero-order valence-electron chi connectivity index (χ0n) is 11.5. The highest BCUT2D eigenvalue weighted by Gasteiger charge is 2.06. The number of benzene rings is 1. The Hall–Kier alpha value is -1.82. The van der Waals surface area contributed by atoms with Gasteiger partial charge >= 0.3 is 6.03 Å². The molecule has 19 heavy (non-hydrogen) atoms. The van der Waals surface area contributed by atoms with Crippen LogP contribution < -0.4 is 15.5 Å². The molecule has 0 bridgehead atoms. The molecule has 0 aromatic heterocycles. The van der Waals surface area contributed by atoms with Crippen molar-refractivity contribution in [3.63, 3.8) is 0 Å². The average Bonchev–Trinajstić information content (AvgIpc) is 2.36. The monoisotopic (exact) mass is 269 g/mol. The van der Waals surface area contributed by atoms with Crippen molar-refractivity contribution in [3.05, 3.63) is 29.6 Å². The van der Waals surface area contributed by atoms with Gasteiger partial charge in [-0.25, -0.2) is 9.18 Å². The number of methoxy groups -OCH3 is 1. The molecule has 1 rings (SSSR count). The standard InChI is InChI=1S/C13H20FN3O2/c1-17(2)12-5-4-10(8-11(12)14)9-16-13(18)15-6-7-19-3/h4-5,8H,6-7,9H2,1-3H3,(H2,15,16,18). The highest BCUT2D eigenvalue weighted by molar-refractivity contribution is 5.73. The van der Waals surface area contributed by atoms with Gasteiger partial charge in [-0.1, -0.05) is 6.07 Å². The molecule has 1 aromatic rings. The number of rotatable bonds is 6. The lowest BCUT2D eigenvalue weighted by Crippen LogP contribution is -2.36. The Balaban J connectivity index is 2.45. The van der Waals surface area contributed by atoms with Gasteiger partial charge in [-0.15, -0.1) is 0 Å². The van der Waals surface area contributed by atoms with Crippen molar-refractivity contribution in [2.45, 2.75) is 6.54 Å². The number of halogens is 1. The van der Waals surface area contributed by atoms with Crippen LogP contribution in [0, 0.1) is 5.82 Å². The van der Waals surface area contributed by atoms with Gasteiger partial charge in [0.2, 0.25) is 0 Å². The first-order valence-electron chi connectivity index (χ1n) is 6.01. The first-order chi connectivity index (χ1) is 9.04. The summed E-state index contributed by atoms with van der Waals surface area (Å²) in [5.41, 5.74) is 1.23. The second-order valence-electron chi connectivity index (χ2n) is 4.28. The van der Waals surface area contributed by atoms with Gasteiger partial charge in [-0.05, 0) is 17.7 Å². The largest absolute Gasteiger partial charge is 0.383 e. The third-order valence-corrected chi connectivity index (χ3v) is 2.54. The molecule has 0 heterocycles. The molecule has 2 amide bonds. The summed E-state index contributed by atoms with van der Waals surface area (Å²) < 4.78 is 18.5. The molecule has 0 aliphatic heterocycles. The molecular weight excluding hydrogens is 249 g/mol. The van der Waals surface area contributed by atoms with Gasteiger partial charge in [0.1, 0.15) is 5.82 Å². The molecule has 0 spiro atoms. The fourth-order valence-corrected chi connectivity index (χ4v) is 1.53. The summed E-state index contributed by atoms with van der Waals surface area (Å²) >= 11 is 0. The summed E-state index contributed by atoms with van der Waals surface area (Å²) in [5.74, 6) is -0.302. The number of ether oxygens (including phenoxy) is 1. The minimum Gasteiger partial charge on any atom is -0.383 e. The minimum absolute atomic E-state index is 0.281. The lowest BCUT2D eigenvalue weighted by molar-refractivity contribution is 0.196. The number of nitrogens with zero attached hydrogens (tertiary/aromatic N) is 1. The average molecular weight is 269 g/mol. The molecule has 0 unspecified atom stereocenters. The van der Waals surface area contributed by atoms with Crippen LogP contribution in [0.1, 0.15) is 5.56 Å². The van der Waals surface area contributed by atoms with Crippen molar-refractivity contribution >= 4 is 11.7 Å². The van der Waals surface area contributed by atoms with Gasteiger partial charge in [0.15, 0.2) is 0 Å². The van der Waals surface area contributed by atoms with Gasteiger partial charge in [0, 0.05) is 34.3 Å². The Bertz CT molecular complexity index is 424. The zero-order chi connectivity index (χ0) is 14.3. The Morgan fingerprint density at radius 2 is 2.11 bits per heavy atom. The van der Waals surface area contributed by atoms with Crippen LogP contribution in [0.3, 0.4) is 0 Å². The van der Waals surface area contributed by atoms with Crippen LogP contribution in [0.5, 0.6) is 0 Å². The molecule has 0 fully saturated rings. The third-order valence-electron chi connectivity index (χ3n) is 2.54. The first-order valence-corrected chi connectivity index (χ1v) is 6.01. The predicted octanol–water partition coefficient (Wildman–Crippen LogP) is 1.34. The van der Waals surface area contributed by atoms with Crippen molar-refractivity contribution in [3.8, 4) is 0 Å². The molecule has 0 saturated heterocycles. The summed E-state index contributed by atoms with van der Waals surface area (Å²) in [6, 6.07) is 4.60. The summed E-state index contributed by atoms with van der Waals surface area (Å²) in [4.78, 5) is 13.1. The lowest BCUT2D eigenvalue weighted by Gasteiger charge is -2.14. The van der Waals surface area contributed by atoms with E-state index in [1.54, 1.807) is 38.2 Å². The molecular formula is C13H20FN3O2. The number of nitrogens with one attached hydrogen (secondary N) is 2. The van der Waals surface area contributed by atoms with E-state index >= 15 is 0 Å². The second kappa shape index (κ2) is 7.58. The summed E-state index contributed by atoms with van der Waals surface area (Å²) in [6.07, 6.45) is 0. The molecule has 106 valence electrons. The van der Waals surface area contributed by atoms with Crippen LogP contribution in [0.15, 0.2) is 18.2 Å². The van der Waals surface area contributed by atoms with Crippen LogP contribution in [0.25, 0.3) is 0 Å². The smallest absolute Gasteiger partial charge is 0.315 e. The van der Waals surface area contributed by atoms with Crippen LogP contribution >= 0.6 is 0 Å². The predicted molar refractivity (Wildman–Crippen MR) is 72.8 cm³/mol. The molecule has 0 aliphatic rings. The Kier molecular flexibility index (Phi) is 6.08. The maximum atomic E-state index is 13.7. The van der Waals surface area contributed by atoms with E-state index in [1.165, 1.54) is 6.07 Å². The molecule has 0 saturated carbocycles. The van der Waals surface area contributed by atoms with E-state index in [0.717, 1.165) is 0 Å². The SMILES string of the molecule is COCCNC(=O)NCc1ccc(N(C)C)c(F)c1.